The maximum atomic E-state index is 13.7. The Balaban J connectivity index is 1.90. The summed E-state index contributed by atoms with van der Waals surface area (Å²) in [5.41, 5.74) is 2.45. The third-order valence-electron chi connectivity index (χ3n) is 6.15. The zero-order chi connectivity index (χ0) is 26.0. The summed E-state index contributed by atoms with van der Waals surface area (Å²) in [6.45, 7) is 9.39. The van der Waals surface area contributed by atoms with Gasteiger partial charge in [0, 0.05) is 35.4 Å². The molecule has 0 aliphatic carbocycles. The first-order valence-corrected chi connectivity index (χ1v) is 13.0. The van der Waals surface area contributed by atoms with Crippen molar-refractivity contribution >= 4 is 40.7 Å². The van der Waals surface area contributed by atoms with Gasteiger partial charge in [0.2, 0.25) is 0 Å². The fraction of sp³-hybridized carbons (Fsp3) is 0.296. The number of halogens is 1. The van der Waals surface area contributed by atoms with Crippen molar-refractivity contribution in [2.75, 3.05) is 24.6 Å². The number of phenolic OH excluding ortho intramolecular Hbond substituents is 1. The highest BCUT2D eigenvalue weighted by Gasteiger charge is 2.34. The van der Waals surface area contributed by atoms with Gasteiger partial charge in [-0.2, -0.15) is 0 Å². The normalized spacial score (nSPS) is 15.5. The van der Waals surface area contributed by atoms with Gasteiger partial charge in [-0.1, -0.05) is 41.1 Å². The van der Waals surface area contributed by atoms with E-state index in [0.29, 0.717) is 31.2 Å². The SMILES string of the molecule is CCOC(=O)C1=C(C)N=c2s/c(=C/c3ccc(N(CC)CC)cc3O)c(=O)n2C1c1ccccc1Cl. The van der Waals surface area contributed by atoms with Crippen molar-refractivity contribution < 1.29 is 14.6 Å². The molecule has 1 N–H and O–H groups in total. The number of aromatic hydroxyl groups is 1. The third kappa shape index (κ3) is 4.70. The highest BCUT2D eigenvalue weighted by atomic mass is 35.5. The van der Waals surface area contributed by atoms with Crippen molar-refractivity contribution in [1.29, 1.82) is 0 Å². The number of anilines is 1. The minimum Gasteiger partial charge on any atom is -0.507 e. The number of allylic oxidation sites excluding steroid dienone is 1. The van der Waals surface area contributed by atoms with Gasteiger partial charge < -0.3 is 14.7 Å². The van der Waals surface area contributed by atoms with E-state index in [0.717, 1.165) is 18.8 Å². The van der Waals surface area contributed by atoms with E-state index in [1.165, 1.54) is 15.9 Å². The number of carbonyl (C=O) groups is 1. The predicted molar refractivity (Wildman–Crippen MR) is 144 cm³/mol. The lowest BCUT2D eigenvalue weighted by Crippen LogP contribution is -2.40. The number of aromatic nitrogens is 1. The molecular weight excluding hydrogens is 498 g/mol. The molecule has 9 heteroatoms. The molecular formula is C27H28ClN3O4S. The Morgan fingerprint density at radius 2 is 1.94 bits per heavy atom. The highest BCUT2D eigenvalue weighted by Crippen LogP contribution is 2.34. The van der Waals surface area contributed by atoms with Gasteiger partial charge >= 0.3 is 5.97 Å². The van der Waals surface area contributed by atoms with Crippen LogP contribution in [0.15, 0.2) is 63.5 Å². The number of hydrogen-bond donors (Lipinski definition) is 1. The number of esters is 1. The number of thiazole rings is 1. The predicted octanol–water partition coefficient (Wildman–Crippen LogP) is 4.00. The van der Waals surface area contributed by atoms with Crippen molar-refractivity contribution in [2.24, 2.45) is 4.99 Å². The molecule has 1 aliphatic rings. The molecule has 0 amide bonds. The second-order valence-corrected chi connectivity index (χ2v) is 9.66. The monoisotopic (exact) mass is 525 g/mol. The molecule has 0 fully saturated rings. The second kappa shape index (κ2) is 10.7. The first-order valence-electron chi connectivity index (χ1n) is 11.8. The van der Waals surface area contributed by atoms with E-state index in [1.807, 2.05) is 12.1 Å². The summed E-state index contributed by atoms with van der Waals surface area (Å²) in [6.07, 6.45) is 1.65. The zero-order valence-electron chi connectivity index (χ0n) is 20.6. The number of phenols is 1. The number of ether oxygens (including phenoxy) is 1. The zero-order valence-corrected chi connectivity index (χ0v) is 22.2. The molecule has 1 aliphatic heterocycles. The summed E-state index contributed by atoms with van der Waals surface area (Å²) < 4.78 is 7.18. The Labute approximate surface area is 218 Å². The van der Waals surface area contributed by atoms with Gasteiger partial charge in [0.05, 0.1) is 22.4 Å². The van der Waals surface area contributed by atoms with Crippen molar-refractivity contribution in [2.45, 2.75) is 33.7 Å². The maximum Gasteiger partial charge on any atom is 0.338 e. The van der Waals surface area contributed by atoms with Gasteiger partial charge in [-0.25, -0.2) is 9.79 Å². The smallest absolute Gasteiger partial charge is 0.338 e. The van der Waals surface area contributed by atoms with E-state index in [1.54, 1.807) is 50.3 Å². The van der Waals surface area contributed by atoms with Gasteiger partial charge in [0.25, 0.3) is 5.56 Å². The molecule has 7 nitrogen and oxygen atoms in total. The van der Waals surface area contributed by atoms with Crippen molar-refractivity contribution in [3.63, 3.8) is 0 Å². The number of hydrogen-bond acceptors (Lipinski definition) is 7. The molecule has 4 rings (SSSR count). The molecule has 3 aromatic rings. The molecule has 2 aromatic carbocycles. The second-order valence-electron chi connectivity index (χ2n) is 8.24. The molecule has 0 spiro atoms. The lowest BCUT2D eigenvalue weighted by Gasteiger charge is -2.25. The van der Waals surface area contributed by atoms with Gasteiger partial charge in [0.15, 0.2) is 4.80 Å². The lowest BCUT2D eigenvalue weighted by molar-refractivity contribution is -0.139. The van der Waals surface area contributed by atoms with Gasteiger partial charge in [-0.05, 0) is 57.5 Å². The summed E-state index contributed by atoms with van der Waals surface area (Å²) in [4.78, 5) is 33.8. The van der Waals surface area contributed by atoms with E-state index in [-0.39, 0.29) is 23.5 Å². The summed E-state index contributed by atoms with van der Waals surface area (Å²) in [5.74, 6) is -0.459. The lowest BCUT2D eigenvalue weighted by atomic mass is 9.96. The summed E-state index contributed by atoms with van der Waals surface area (Å²) in [5, 5.41) is 11.1. The fourth-order valence-corrected chi connectivity index (χ4v) is 5.64. The molecule has 0 saturated heterocycles. The van der Waals surface area contributed by atoms with Crippen LogP contribution in [0.25, 0.3) is 6.08 Å². The number of benzene rings is 2. The van der Waals surface area contributed by atoms with E-state index >= 15 is 0 Å². The molecule has 0 saturated carbocycles. The number of fused-ring (bicyclic) bond motifs is 1. The summed E-state index contributed by atoms with van der Waals surface area (Å²) in [7, 11) is 0. The van der Waals surface area contributed by atoms with E-state index < -0.39 is 12.0 Å². The largest absolute Gasteiger partial charge is 0.507 e. The average molecular weight is 526 g/mol. The van der Waals surface area contributed by atoms with Crippen molar-refractivity contribution in [3.05, 3.63) is 89.6 Å². The highest BCUT2D eigenvalue weighted by molar-refractivity contribution is 7.07. The van der Waals surface area contributed by atoms with Crippen LogP contribution in [0.3, 0.4) is 0 Å². The topological polar surface area (TPSA) is 84.1 Å². The Morgan fingerprint density at radius 3 is 2.58 bits per heavy atom. The van der Waals surface area contributed by atoms with Crippen LogP contribution in [0, 0.1) is 0 Å². The minimum absolute atomic E-state index is 0.0799. The molecule has 36 heavy (non-hydrogen) atoms. The van der Waals surface area contributed by atoms with Crippen LogP contribution in [0.2, 0.25) is 5.02 Å². The average Bonchev–Trinajstić information content (AvgIpc) is 3.15. The van der Waals surface area contributed by atoms with Gasteiger partial charge in [-0.15, -0.1) is 0 Å². The standard InChI is InChI=1S/C27H28ClN3O4S/c1-5-30(6-2)18-13-12-17(21(32)15-18)14-22-25(33)31-24(19-10-8-9-11-20(19)28)23(26(34)35-7-3)16(4)29-27(31)36-22/h8-15,24,32H,5-7H2,1-4H3/b22-14+. The third-order valence-corrected chi connectivity index (χ3v) is 7.47. The van der Waals surface area contributed by atoms with Crippen molar-refractivity contribution in [1.82, 2.24) is 4.57 Å². The Bertz CT molecular complexity index is 1520. The number of nitrogens with zero attached hydrogens (tertiary/aromatic N) is 3. The minimum atomic E-state index is -0.783. The van der Waals surface area contributed by atoms with Gasteiger partial charge in [-0.3, -0.25) is 9.36 Å². The first-order chi connectivity index (χ1) is 17.3. The van der Waals surface area contributed by atoms with E-state index in [4.69, 9.17) is 16.3 Å². The van der Waals surface area contributed by atoms with Crippen LogP contribution >= 0.6 is 22.9 Å². The quantitative estimate of drug-likeness (QED) is 0.471. The molecule has 0 bridgehead atoms. The fourth-order valence-electron chi connectivity index (χ4n) is 4.36. The molecule has 1 atom stereocenters. The van der Waals surface area contributed by atoms with Crippen LogP contribution in [0.4, 0.5) is 5.69 Å². The van der Waals surface area contributed by atoms with Crippen LogP contribution in [0.1, 0.15) is 44.9 Å². The van der Waals surface area contributed by atoms with Crippen molar-refractivity contribution in [3.8, 4) is 5.75 Å². The first kappa shape index (κ1) is 25.7. The number of carbonyl (C=O) groups excluding carboxylic acids is 1. The number of rotatable bonds is 7. The molecule has 2 heterocycles. The Hall–Kier alpha value is -3.36. The van der Waals surface area contributed by atoms with Crippen LogP contribution < -0.4 is 19.8 Å². The Morgan fingerprint density at radius 1 is 1.22 bits per heavy atom. The molecule has 0 radical (unpaired) electrons. The van der Waals surface area contributed by atoms with Crippen LogP contribution in [-0.2, 0) is 9.53 Å². The molecule has 1 unspecified atom stereocenters. The van der Waals surface area contributed by atoms with E-state index in [9.17, 15) is 14.7 Å². The van der Waals surface area contributed by atoms with Crippen LogP contribution in [-0.4, -0.2) is 35.3 Å². The van der Waals surface area contributed by atoms with Gasteiger partial charge in [0.1, 0.15) is 11.8 Å². The molecule has 1 aromatic heterocycles. The van der Waals surface area contributed by atoms with Crippen LogP contribution in [0.5, 0.6) is 5.75 Å². The summed E-state index contributed by atoms with van der Waals surface area (Å²) in [6, 6.07) is 11.7. The summed E-state index contributed by atoms with van der Waals surface area (Å²) >= 11 is 7.73. The maximum absolute atomic E-state index is 13.7. The van der Waals surface area contributed by atoms with E-state index in [2.05, 4.69) is 23.7 Å². The molecule has 188 valence electrons. The Kier molecular flexibility index (Phi) is 7.66.